The molecule has 0 unspecified atom stereocenters. The molecule has 1 heterocycles. The Morgan fingerprint density at radius 1 is 0.440 bits per heavy atom. The van der Waals surface area contributed by atoms with Gasteiger partial charge in [0, 0.05) is 45.1 Å². The van der Waals surface area contributed by atoms with Crippen LogP contribution in [-0.4, -0.2) is 4.98 Å². The number of para-hydroxylation sites is 3. The predicted octanol–water partition coefficient (Wildman–Crippen LogP) is 13.2. The highest BCUT2D eigenvalue weighted by Crippen LogP contribution is 2.50. The van der Waals surface area contributed by atoms with Crippen molar-refractivity contribution in [3.63, 3.8) is 0 Å². The average molecular weight is 662 g/mol. The third-order valence-electron chi connectivity index (χ3n) is 9.85. The molecule has 4 heteroatoms. The molecule has 8 aromatic rings. The molecule has 0 saturated heterocycles. The van der Waals surface area contributed by atoms with Crippen LogP contribution in [0.3, 0.4) is 0 Å². The molecule has 7 aromatic carbocycles. The lowest BCUT2D eigenvalue weighted by Crippen LogP contribution is -2.14. The largest absolute Gasteiger partial charge is 0.310 e. The van der Waals surface area contributed by atoms with Gasteiger partial charge in [-0.2, -0.15) is 0 Å². The van der Waals surface area contributed by atoms with Gasteiger partial charge >= 0.3 is 0 Å². The lowest BCUT2D eigenvalue weighted by Gasteiger charge is -2.29. The number of fused-ring (bicyclic) bond motifs is 4. The monoisotopic (exact) mass is 661 g/mol. The first-order valence-electron chi connectivity index (χ1n) is 17.1. The number of thiazole rings is 1. The molecule has 0 N–H and O–H groups in total. The standard InChI is InChI=1S/C46H35N3S/c1-46(2)41-24-13-12-23-39(41)40-30-44-43(31-42(40)46)47-45(50-44)32-25-27-36(28-26-32)49(35-19-10-5-11-20-35)38-22-14-21-37(29-38)48(33-15-6-3-7-16-33)34-17-8-4-9-18-34/h3-31H,1-2H3. The molecular weight excluding hydrogens is 627 g/mol. The van der Waals surface area contributed by atoms with E-state index in [0.29, 0.717) is 0 Å². The molecule has 0 bridgehead atoms. The SMILES string of the molecule is CC1(C)c2ccccc2-c2cc3sc(-c4ccc(N(c5ccccc5)c5cccc(N(c6ccccc6)c6ccccc6)c5)cc4)nc3cc21. The van der Waals surface area contributed by atoms with Gasteiger partial charge in [-0.1, -0.05) is 98.8 Å². The first-order chi connectivity index (χ1) is 24.5. The maximum Gasteiger partial charge on any atom is 0.124 e. The Balaban J connectivity index is 1.09. The molecular formula is C46H35N3S. The third-order valence-corrected chi connectivity index (χ3v) is 10.9. The van der Waals surface area contributed by atoms with E-state index in [2.05, 4.69) is 200 Å². The van der Waals surface area contributed by atoms with Crippen molar-refractivity contribution in [1.82, 2.24) is 4.98 Å². The molecule has 1 aliphatic rings. The van der Waals surface area contributed by atoms with Gasteiger partial charge < -0.3 is 9.80 Å². The number of rotatable bonds is 7. The van der Waals surface area contributed by atoms with Crippen LogP contribution in [0.1, 0.15) is 25.0 Å². The van der Waals surface area contributed by atoms with Gasteiger partial charge in [0.1, 0.15) is 5.01 Å². The minimum absolute atomic E-state index is 0.0387. The van der Waals surface area contributed by atoms with Crippen LogP contribution < -0.4 is 9.80 Å². The molecule has 1 aromatic heterocycles. The molecule has 0 atom stereocenters. The second-order valence-corrected chi connectivity index (χ2v) is 14.3. The van der Waals surface area contributed by atoms with Crippen LogP contribution >= 0.6 is 11.3 Å². The summed E-state index contributed by atoms with van der Waals surface area (Å²) >= 11 is 1.77. The van der Waals surface area contributed by atoms with Gasteiger partial charge in [-0.15, -0.1) is 11.3 Å². The Hall–Kier alpha value is -5.97. The van der Waals surface area contributed by atoms with Crippen molar-refractivity contribution in [2.75, 3.05) is 9.80 Å². The van der Waals surface area contributed by atoms with Crippen LogP contribution in [0.4, 0.5) is 34.1 Å². The van der Waals surface area contributed by atoms with Crippen LogP contribution in [0, 0.1) is 0 Å². The normalized spacial score (nSPS) is 12.8. The van der Waals surface area contributed by atoms with Gasteiger partial charge in [0.05, 0.1) is 10.2 Å². The average Bonchev–Trinajstić information content (AvgIpc) is 3.69. The summed E-state index contributed by atoms with van der Waals surface area (Å²) in [4.78, 5) is 9.80. The lowest BCUT2D eigenvalue weighted by atomic mass is 9.82. The van der Waals surface area contributed by atoms with Gasteiger partial charge in [-0.25, -0.2) is 4.98 Å². The van der Waals surface area contributed by atoms with E-state index in [1.807, 2.05) is 0 Å². The number of hydrogen-bond acceptors (Lipinski definition) is 4. The highest BCUT2D eigenvalue weighted by atomic mass is 32.1. The molecule has 0 saturated carbocycles. The zero-order valence-electron chi connectivity index (χ0n) is 28.0. The number of hydrogen-bond donors (Lipinski definition) is 0. The van der Waals surface area contributed by atoms with Gasteiger partial charge in [0.15, 0.2) is 0 Å². The van der Waals surface area contributed by atoms with E-state index in [9.17, 15) is 0 Å². The minimum atomic E-state index is -0.0387. The molecule has 0 fully saturated rings. The summed E-state index contributed by atoms with van der Waals surface area (Å²) in [6.07, 6.45) is 0. The summed E-state index contributed by atoms with van der Waals surface area (Å²) in [7, 11) is 0. The lowest BCUT2D eigenvalue weighted by molar-refractivity contribution is 0.661. The fourth-order valence-corrected chi connectivity index (χ4v) is 8.39. The van der Waals surface area contributed by atoms with Crippen LogP contribution in [0.15, 0.2) is 176 Å². The predicted molar refractivity (Wildman–Crippen MR) is 212 cm³/mol. The van der Waals surface area contributed by atoms with E-state index in [0.717, 1.165) is 50.2 Å². The van der Waals surface area contributed by atoms with E-state index in [-0.39, 0.29) is 5.41 Å². The van der Waals surface area contributed by atoms with Crippen molar-refractivity contribution in [3.8, 4) is 21.7 Å². The van der Waals surface area contributed by atoms with Gasteiger partial charge in [0.25, 0.3) is 0 Å². The van der Waals surface area contributed by atoms with E-state index >= 15 is 0 Å². The topological polar surface area (TPSA) is 19.4 Å². The van der Waals surface area contributed by atoms with Crippen LogP contribution in [0.25, 0.3) is 31.9 Å². The summed E-state index contributed by atoms with van der Waals surface area (Å²) in [5.41, 5.74) is 14.2. The third kappa shape index (κ3) is 5.17. The molecule has 0 radical (unpaired) electrons. The number of nitrogens with zero attached hydrogens (tertiary/aromatic N) is 3. The molecule has 240 valence electrons. The van der Waals surface area contributed by atoms with Gasteiger partial charge in [-0.05, 0) is 113 Å². The van der Waals surface area contributed by atoms with Crippen molar-refractivity contribution in [1.29, 1.82) is 0 Å². The fourth-order valence-electron chi connectivity index (χ4n) is 7.40. The van der Waals surface area contributed by atoms with E-state index in [4.69, 9.17) is 4.98 Å². The first-order valence-corrected chi connectivity index (χ1v) is 17.9. The zero-order chi connectivity index (χ0) is 33.7. The highest BCUT2D eigenvalue weighted by molar-refractivity contribution is 7.21. The van der Waals surface area contributed by atoms with Gasteiger partial charge in [0.2, 0.25) is 0 Å². The number of anilines is 6. The highest BCUT2D eigenvalue weighted by Gasteiger charge is 2.35. The minimum Gasteiger partial charge on any atom is -0.310 e. The Kier molecular flexibility index (Phi) is 7.33. The van der Waals surface area contributed by atoms with Crippen LogP contribution in [0.2, 0.25) is 0 Å². The summed E-state index contributed by atoms with van der Waals surface area (Å²) in [5.74, 6) is 0. The Morgan fingerprint density at radius 2 is 0.940 bits per heavy atom. The van der Waals surface area contributed by atoms with Crippen LogP contribution in [0.5, 0.6) is 0 Å². The van der Waals surface area contributed by atoms with E-state index < -0.39 is 0 Å². The molecule has 9 rings (SSSR count). The molecule has 1 aliphatic carbocycles. The summed E-state index contributed by atoms with van der Waals surface area (Å²) in [6, 6.07) is 62.8. The molecule has 0 amide bonds. The van der Waals surface area contributed by atoms with Crippen molar-refractivity contribution in [3.05, 3.63) is 187 Å². The summed E-state index contributed by atoms with van der Waals surface area (Å²) < 4.78 is 1.22. The summed E-state index contributed by atoms with van der Waals surface area (Å²) in [5, 5.41) is 1.04. The molecule has 0 spiro atoms. The molecule has 50 heavy (non-hydrogen) atoms. The van der Waals surface area contributed by atoms with E-state index in [1.54, 1.807) is 11.3 Å². The Labute approximate surface area is 297 Å². The maximum atomic E-state index is 5.17. The maximum absolute atomic E-state index is 5.17. The zero-order valence-corrected chi connectivity index (χ0v) is 28.8. The molecule has 3 nitrogen and oxygen atoms in total. The number of benzene rings is 7. The quantitative estimate of drug-likeness (QED) is 0.169. The van der Waals surface area contributed by atoms with Crippen molar-refractivity contribution in [2.24, 2.45) is 0 Å². The fraction of sp³-hybridized carbons (Fsp3) is 0.0652. The molecule has 0 aliphatic heterocycles. The van der Waals surface area contributed by atoms with Crippen LogP contribution in [-0.2, 0) is 5.41 Å². The van der Waals surface area contributed by atoms with Gasteiger partial charge in [-0.3, -0.25) is 0 Å². The van der Waals surface area contributed by atoms with E-state index in [1.165, 1.54) is 27.0 Å². The first kappa shape index (κ1) is 30.1. The summed E-state index contributed by atoms with van der Waals surface area (Å²) in [6.45, 7) is 4.65. The smallest absolute Gasteiger partial charge is 0.124 e. The Morgan fingerprint density at radius 3 is 1.52 bits per heavy atom. The van der Waals surface area contributed by atoms with Crippen molar-refractivity contribution in [2.45, 2.75) is 19.3 Å². The van der Waals surface area contributed by atoms with Crippen molar-refractivity contribution < 1.29 is 0 Å². The second-order valence-electron chi connectivity index (χ2n) is 13.3. The van der Waals surface area contributed by atoms with Crippen molar-refractivity contribution >= 4 is 55.7 Å². The number of aromatic nitrogens is 1. The Bertz CT molecular complexity index is 2410. The second kappa shape index (κ2) is 12.2.